The molecular formula is C14H20N2O3. The van der Waals surface area contributed by atoms with E-state index in [0.717, 1.165) is 5.56 Å². The third kappa shape index (κ3) is 4.62. The van der Waals surface area contributed by atoms with Crippen molar-refractivity contribution in [2.45, 2.75) is 26.0 Å². The first-order valence-electron chi connectivity index (χ1n) is 6.03. The smallest absolute Gasteiger partial charge is 0.408 e. The molecule has 104 valence electrons. The van der Waals surface area contributed by atoms with Gasteiger partial charge in [0, 0.05) is 14.1 Å². The number of likely N-dealkylation sites (N-methyl/N-ethyl adjacent to an activating group) is 1. The number of ether oxygens (including phenoxy) is 1. The molecular weight excluding hydrogens is 244 g/mol. The molecule has 0 bridgehead atoms. The number of rotatable bonds is 4. The molecule has 0 unspecified atom stereocenters. The first-order valence-corrected chi connectivity index (χ1v) is 6.03. The fourth-order valence-corrected chi connectivity index (χ4v) is 1.63. The lowest BCUT2D eigenvalue weighted by Crippen LogP contribution is -2.54. The van der Waals surface area contributed by atoms with Gasteiger partial charge in [-0.2, -0.15) is 0 Å². The molecule has 0 aliphatic carbocycles. The molecule has 5 nitrogen and oxygen atoms in total. The highest BCUT2D eigenvalue weighted by Gasteiger charge is 2.31. The van der Waals surface area contributed by atoms with E-state index in [9.17, 15) is 9.59 Å². The number of carbonyl (C=O) groups excluding carboxylic acids is 2. The van der Waals surface area contributed by atoms with Gasteiger partial charge in [0.05, 0.1) is 0 Å². The van der Waals surface area contributed by atoms with Gasteiger partial charge in [-0.05, 0) is 19.4 Å². The van der Waals surface area contributed by atoms with Gasteiger partial charge in [0.15, 0.2) is 0 Å². The van der Waals surface area contributed by atoms with Crippen molar-refractivity contribution < 1.29 is 14.3 Å². The fourth-order valence-electron chi connectivity index (χ4n) is 1.63. The summed E-state index contributed by atoms with van der Waals surface area (Å²) in [6.07, 6.45) is -0.607. The summed E-state index contributed by atoms with van der Waals surface area (Å²) in [5.41, 5.74) is -0.0912. The number of nitrogens with zero attached hydrogens (tertiary/aromatic N) is 1. The summed E-state index contributed by atoms with van der Waals surface area (Å²) in [4.78, 5) is 24.9. The van der Waals surface area contributed by atoms with Crippen molar-refractivity contribution in [3.8, 4) is 0 Å². The van der Waals surface area contributed by atoms with Crippen LogP contribution in [0, 0.1) is 0 Å². The predicted molar refractivity (Wildman–Crippen MR) is 72.5 cm³/mol. The van der Waals surface area contributed by atoms with Crippen LogP contribution in [-0.2, 0) is 16.1 Å². The quantitative estimate of drug-likeness (QED) is 0.901. The second-order valence-electron chi connectivity index (χ2n) is 5.01. The van der Waals surface area contributed by atoms with Crippen LogP contribution in [0.3, 0.4) is 0 Å². The maximum atomic E-state index is 11.8. The van der Waals surface area contributed by atoms with Crippen molar-refractivity contribution >= 4 is 12.0 Å². The highest BCUT2D eigenvalue weighted by molar-refractivity contribution is 5.88. The molecule has 0 saturated heterocycles. The van der Waals surface area contributed by atoms with Gasteiger partial charge < -0.3 is 15.0 Å². The highest BCUT2D eigenvalue weighted by Crippen LogP contribution is 2.07. The van der Waals surface area contributed by atoms with Crippen LogP contribution >= 0.6 is 0 Å². The molecule has 0 saturated carbocycles. The Morgan fingerprint density at radius 2 is 1.79 bits per heavy atom. The molecule has 0 spiro atoms. The maximum Gasteiger partial charge on any atom is 0.408 e. The van der Waals surface area contributed by atoms with E-state index in [2.05, 4.69) is 5.32 Å². The van der Waals surface area contributed by atoms with Crippen molar-refractivity contribution in [1.29, 1.82) is 0 Å². The molecule has 19 heavy (non-hydrogen) atoms. The number of amides is 2. The van der Waals surface area contributed by atoms with E-state index in [4.69, 9.17) is 4.74 Å². The van der Waals surface area contributed by atoms with E-state index in [1.165, 1.54) is 4.90 Å². The Bertz CT molecular complexity index is 441. The first-order chi connectivity index (χ1) is 8.83. The van der Waals surface area contributed by atoms with Crippen LogP contribution in [0.1, 0.15) is 19.4 Å². The van der Waals surface area contributed by atoms with Crippen molar-refractivity contribution in [1.82, 2.24) is 10.2 Å². The zero-order valence-corrected chi connectivity index (χ0v) is 11.8. The van der Waals surface area contributed by atoms with E-state index in [0.29, 0.717) is 0 Å². The normalized spacial score (nSPS) is 10.7. The molecule has 2 amide bonds. The lowest BCUT2D eigenvalue weighted by Gasteiger charge is -2.27. The maximum absolute atomic E-state index is 11.8. The Morgan fingerprint density at radius 3 is 2.32 bits per heavy atom. The number of benzene rings is 1. The number of alkyl carbamates (subject to hydrolysis) is 1. The third-order valence-corrected chi connectivity index (χ3v) is 2.57. The molecule has 1 aromatic rings. The lowest BCUT2D eigenvalue weighted by molar-refractivity contribution is -0.134. The van der Waals surface area contributed by atoms with E-state index < -0.39 is 11.6 Å². The van der Waals surface area contributed by atoms with Crippen molar-refractivity contribution in [2.24, 2.45) is 0 Å². The van der Waals surface area contributed by atoms with Gasteiger partial charge in [0.1, 0.15) is 12.1 Å². The highest BCUT2D eigenvalue weighted by atomic mass is 16.5. The average molecular weight is 264 g/mol. The van der Waals surface area contributed by atoms with Crippen molar-refractivity contribution in [2.75, 3.05) is 14.1 Å². The fraction of sp³-hybridized carbons (Fsp3) is 0.429. The van der Waals surface area contributed by atoms with Crippen LogP contribution in [0.4, 0.5) is 4.79 Å². The minimum absolute atomic E-state index is 0.179. The van der Waals surface area contributed by atoms with Crippen LogP contribution < -0.4 is 5.32 Å². The Morgan fingerprint density at radius 1 is 1.21 bits per heavy atom. The molecule has 0 aliphatic heterocycles. The second kappa shape index (κ2) is 6.22. The monoisotopic (exact) mass is 264 g/mol. The summed E-state index contributed by atoms with van der Waals surface area (Å²) >= 11 is 0. The predicted octanol–water partition coefficient (Wildman–Crippen LogP) is 1.78. The van der Waals surface area contributed by atoms with Crippen molar-refractivity contribution in [3.63, 3.8) is 0 Å². The van der Waals surface area contributed by atoms with Gasteiger partial charge >= 0.3 is 6.09 Å². The molecule has 1 N–H and O–H groups in total. The zero-order chi connectivity index (χ0) is 14.5. The standard InChI is InChI=1S/C14H20N2O3/c1-14(2,12(17)16(3)4)15-13(18)19-10-11-8-6-5-7-9-11/h5-9H,10H2,1-4H3,(H,15,18). The van der Waals surface area contributed by atoms with E-state index in [-0.39, 0.29) is 12.5 Å². The third-order valence-electron chi connectivity index (χ3n) is 2.57. The largest absolute Gasteiger partial charge is 0.445 e. The second-order valence-corrected chi connectivity index (χ2v) is 5.01. The molecule has 5 heteroatoms. The number of hydrogen-bond donors (Lipinski definition) is 1. The molecule has 0 aromatic heterocycles. The molecule has 0 atom stereocenters. The lowest BCUT2D eigenvalue weighted by atomic mass is 10.0. The van der Waals surface area contributed by atoms with Crippen LogP contribution in [-0.4, -0.2) is 36.5 Å². The van der Waals surface area contributed by atoms with Crippen LogP contribution in [0.15, 0.2) is 30.3 Å². The summed E-state index contributed by atoms with van der Waals surface area (Å²) in [5, 5.41) is 2.56. The molecule has 0 heterocycles. The molecule has 1 rings (SSSR count). The Hall–Kier alpha value is -2.04. The van der Waals surface area contributed by atoms with Gasteiger partial charge in [-0.15, -0.1) is 0 Å². The minimum atomic E-state index is -0.989. The summed E-state index contributed by atoms with van der Waals surface area (Å²) in [7, 11) is 3.28. The topological polar surface area (TPSA) is 58.6 Å². The van der Waals surface area contributed by atoms with Gasteiger partial charge in [0.2, 0.25) is 5.91 Å². The Balaban J connectivity index is 2.49. The summed E-state index contributed by atoms with van der Waals surface area (Å²) in [6, 6.07) is 9.36. The Labute approximate surface area is 113 Å². The van der Waals surface area contributed by atoms with Crippen LogP contribution in [0.2, 0.25) is 0 Å². The number of nitrogens with one attached hydrogen (secondary N) is 1. The van der Waals surface area contributed by atoms with Crippen LogP contribution in [0.5, 0.6) is 0 Å². The van der Waals surface area contributed by atoms with Gasteiger partial charge in [-0.3, -0.25) is 4.79 Å². The Kier molecular flexibility index (Phi) is 4.92. The van der Waals surface area contributed by atoms with E-state index >= 15 is 0 Å². The molecule has 0 aliphatic rings. The zero-order valence-electron chi connectivity index (χ0n) is 11.8. The number of carbonyl (C=O) groups is 2. The molecule has 0 radical (unpaired) electrons. The van der Waals surface area contributed by atoms with Crippen LogP contribution in [0.25, 0.3) is 0 Å². The SMILES string of the molecule is CN(C)C(=O)C(C)(C)NC(=O)OCc1ccccc1. The van der Waals surface area contributed by atoms with Crippen molar-refractivity contribution in [3.05, 3.63) is 35.9 Å². The average Bonchev–Trinajstić information content (AvgIpc) is 2.36. The summed E-state index contributed by atoms with van der Waals surface area (Å²) in [6.45, 7) is 3.46. The van der Waals surface area contributed by atoms with Gasteiger partial charge in [0.25, 0.3) is 0 Å². The van der Waals surface area contributed by atoms with E-state index in [1.54, 1.807) is 27.9 Å². The minimum Gasteiger partial charge on any atom is -0.445 e. The van der Waals surface area contributed by atoms with E-state index in [1.807, 2.05) is 30.3 Å². The first kappa shape index (κ1) is 15.0. The van der Waals surface area contributed by atoms with Gasteiger partial charge in [-0.25, -0.2) is 4.79 Å². The number of hydrogen-bond acceptors (Lipinski definition) is 3. The molecule has 0 fully saturated rings. The molecule has 1 aromatic carbocycles. The summed E-state index contributed by atoms with van der Waals surface area (Å²) in [5.74, 6) is -0.191. The van der Waals surface area contributed by atoms with Gasteiger partial charge in [-0.1, -0.05) is 30.3 Å². The summed E-state index contributed by atoms with van der Waals surface area (Å²) < 4.78 is 5.07.